The first-order valence-electron chi connectivity index (χ1n) is 4.72. The summed E-state index contributed by atoms with van der Waals surface area (Å²) in [5.74, 6) is -1.90. The van der Waals surface area contributed by atoms with Gasteiger partial charge in [-0.15, -0.1) is 20.2 Å². The first-order chi connectivity index (χ1) is 8.32. The number of nitrogens with zero attached hydrogens (tertiary/aromatic N) is 2. The standard InChI is InChI=1S/C7H12N2O9/c1-5(7(10)11)2-16-3-6(18-9(14)15)4-17-8(12)13/h5-6H,2-4H2,1H3,(H,10,11). The van der Waals surface area contributed by atoms with Crippen LogP contribution in [0.4, 0.5) is 0 Å². The van der Waals surface area contributed by atoms with Crippen molar-refractivity contribution in [3.63, 3.8) is 0 Å². The zero-order chi connectivity index (χ0) is 14.1. The molecule has 0 saturated heterocycles. The van der Waals surface area contributed by atoms with Crippen LogP contribution < -0.4 is 0 Å². The van der Waals surface area contributed by atoms with Crippen molar-refractivity contribution >= 4 is 5.97 Å². The summed E-state index contributed by atoms with van der Waals surface area (Å²) in [6.07, 6.45) is -1.30. The third-order valence-electron chi connectivity index (χ3n) is 1.69. The molecular weight excluding hydrogens is 256 g/mol. The summed E-state index contributed by atoms with van der Waals surface area (Å²) < 4.78 is 4.84. The summed E-state index contributed by atoms with van der Waals surface area (Å²) in [5, 5.41) is 26.2. The highest BCUT2D eigenvalue weighted by molar-refractivity contribution is 5.69. The number of carboxylic acid groups (broad SMARTS) is 1. The molecule has 0 radical (unpaired) electrons. The maximum atomic E-state index is 10.4. The summed E-state index contributed by atoms with van der Waals surface area (Å²) in [5.41, 5.74) is 0. The van der Waals surface area contributed by atoms with Crippen molar-refractivity contribution in [1.82, 2.24) is 0 Å². The monoisotopic (exact) mass is 268 g/mol. The fourth-order valence-electron chi connectivity index (χ4n) is 0.822. The summed E-state index contributed by atoms with van der Waals surface area (Å²) in [4.78, 5) is 38.4. The SMILES string of the molecule is CC(COCC(CO[N+](=O)[O-])O[N+](=O)[O-])C(=O)O. The minimum Gasteiger partial charge on any atom is -0.481 e. The Kier molecular flexibility index (Phi) is 7.04. The van der Waals surface area contributed by atoms with Gasteiger partial charge in [-0.05, 0) is 6.92 Å². The smallest absolute Gasteiger partial charge is 0.308 e. The molecule has 0 bridgehead atoms. The molecule has 0 aliphatic rings. The van der Waals surface area contributed by atoms with Crippen molar-refractivity contribution in [2.45, 2.75) is 13.0 Å². The molecule has 11 heteroatoms. The van der Waals surface area contributed by atoms with Crippen LogP contribution in [-0.4, -0.2) is 47.2 Å². The van der Waals surface area contributed by atoms with Crippen LogP contribution in [0.3, 0.4) is 0 Å². The zero-order valence-corrected chi connectivity index (χ0v) is 9.38. The summed E-state index contributed by atoms with van der Waals surface area (Å²) >= 11 is 0. The molecule has 0 aromatic rings. The van der Waals surface area contributed by atoms with E-state index in [2.05, 4.69) is 9.68 Å². The molecule has 104 valence electrons. The minimum atomic E-state index is -1.30. The molecular formula is C7H12N2O9. The van der Waals surface area contributed by atoms with Gasteiger partial charge in [0, 0.05) is 0 Å². The van der Waals surface area contributed by atoms with Crippen LogP contribution in [-0.2, 0) is 19.2 Å². The van der Waals surface area contributed by atoms with Gasteiger partial charge in [-0.1, -0.05) is 0 Å². The molecule has 0 amide bonds. The Morgan fingerprint density at radius 1 is 1.22 bits per heavy atom. The number of hydrogen-bond acceptors (Lipinski definition) is 8. The first-order valence-corrected chi connectivity index (χ1v) is 4.72. The van der Waals surface area contributed by atoms with Gasteiger partial charge >= 0.3 is 5.97 Å². The zero-order valence-electron chi connectivity index (χ0n) is 9.38. The van der Waals surface area contributed by atoms with Crippen LogP contribution in [0.15, 0.2) is 0 Å². The molecule has 0 spiro atoms. The van der Waals surface area contributed by atoms with E-state index in [-0.39, 0.29) is 6.61 Å². The third-order valence-corrected chi connectivity index (χ3v) is 1.69. The van der Waals surface area contributed by atoms with E-state index in [0.717, 1.165) is 0 Å². The van der Waals surface area contributed by atoms with Crippen molar-refractivity contribution < 1.29 is 34.5 Å². The molecule has 0 fully saturated rings. The minimum absolute atomic E-state index is 0.203. The van der Waals surface area contributed by atoms with E-state index in [4.69, 9.17) is 9.84 Å². The van der Waals surface area contributed by atoms with Crippen molar-refractivity contribution in [3.05, 3.63) is 20.2 Å². The van der Waals surface area contributed by atoms with Gasteiger partial charge in [0.2, 0.25) is 0 Å². The van der Waals surface area contributed by atoms with Crippen LogP contribution in [0.5, 0.6) is 0 Å². The Morgan fingerprint density at radius 2 is 1.83 bits per heavy atom. The van der Waals surface area contributed by atoms with Crippen LogP contribution in [0.25, 0.3) is 0 Å². The number of carbonyl (C=O) groups is 1. The Bertz CT molecular complexity index is 307. The molecule has 2 atom stereocenters. The number of aliphatic carboxylic acids is 1. The molecule has 1 N–H and O–H groups in total. The fraction of sp³-hybridized carbons (Fsp3) is 0.857. The second-order valence-corrected chi connectivity index (χ2v) is 3.25. The normalized spacial score (nSPS) is 13.4. The van der Waals surface area contributed by atoms with Gasteiger partial charge in [0.05, 0.1) is 19.1 Å². The quantitative estimate of drug-likeness (QED) is 0.408. The van der Waals surface area contributed by atoms with Crippen molar-refractivity contribution in [1.29, 1.82) is 0 Å². The maximum Gasteiger partial charge on any atom is 0.308 e. The van der Waals surface area contributed by atoms with E-state index in [1.54, 1.807) is 0 Å². The molecule has 0 aliphatic heterocycles. The van der Waals surface area contributed by atoms with Gasteiger partial charge in [-0.2, -0.15) is 0 Å². The molecule has 2 unspecified atom stereocenters. The second-order valence-electron chi connectivity index (χ2n) is 3.25. The van der Waals surface area contributed by atoms with Crippen LogP contribution in [0.1, 0.15) is 6.92 Å². The molecule has 0 aromatic carbocycles. The molecule has 0 rings (SSSR count). The number of hydrogen-bond donors (Lipinski definition) is 1. The number of ether oxygens (including phenoxy) is 1. The van der Waals surface area contributed by atoms with Crippen LogP contribution >= 0.6 is 0 Å². The highest BCUT2D eigenvalue weighted by Crippen LogP contribution is 2.00. The van der Waals surface area contributed by atoms with Gasteiger partial charge in [0.1, 0.15) is 6.61 Å². The lowest BCUT2D eigenvalue weighted by Crippen LogP contribution is -2.30. The molecule has 0 heterocycles. The average Bonchev–Trinajstić information content (AvgIpc) is 2.24. The van der Waals surface area contributed by atoms with E-state index in [9.17, 15) is 25.0 Å². The summed E-state index contributed by atoms with van der Waals surface area (Å²) in [7, 11) is 0. The molecule has 0 aliphatic carbocycles. The van der Waals surface area contributed by atoms with Crippen molar-refractivity contribution in [2.75, 3.05) is 19.8 Å². The Hall–Kier alpha value is -2.17. The molecule has 0 saturated carbocycles. The topological polar surface area (TPSA) is 151 Å². The lowest BCUT2D eigenvalue weighted by atomic mass is 10.2. The van der Waals surface area contributed by atoms with E-state index < -0.39 is 41.4 Å². The van der Waals surface area contributed by atoms with Crippen LogP contribution in [0, 0.1) is 26.1 Å². The average molecular weight is 268 g/mol. The third kappa shape index (κ3) is 8.04. The Balaban J connectivity index is 4.03. The van der Waals surface area contributed by atoms with Gasteiger partial charge in [-0.25, -0.2) is 0 Å². The van der Waals surface area contributed by atoms with Gasteiger partial charge in [0.25, 0.3) is 10.2 Å². The van der Waals surface area contributed by atoms with Crippen molar-refractivity contribution in [2.24, 2.45) is 5.92 Å². The number of carboxylic acids is 1. The molecule has 11 nitrogen and oxygen atoms in total. The number of rotatable bonds is 10. The molecule has 18 heavy (non-hydrogen) atoms. The first kappa shape index (κ1) is 15.8. The highest BCUT2D eigenvalue weighted by Gasteiger charge is 2.18. The predicted molar refractivity (Wildman–Crippen MR) is 52.4 cm³/mol. The Labute approximate surface area is 100 Å². The predicted octanol–water partition coefficient (Wildman–Crippen LogP) is -0.491. The maximum absolute atomic E-state index is 10.4. The summed E-state index contributed by atoms with van der Waals surface area (Å²) in [6.45, 7) is 0.0897. The van der Waals surface area contributed by atoms with E-state index in [1.807, 2.05) is 0 Å². The lowest BCUT2D eigenvalue weighted by Gasteiger charge is -2.14. The summed E-state index contributed by atoms with van der Waals surface area (Å²) in [6, 6.07) is 0. The van der Waals surface area contributed by atoms with Crippen molar-refractivity contribution in [3.8, 4) is 0 Å². The van der Waals surface area contributed by atoms with Gasteiger partial charge < -0.3 is 19.5 Å². The lowest BCUT2D eigenvalue weighted by molar-refractivity contribution is -0.790. The highest BCUT2D eigenvalue weighted by atomic mass is 17.0. The fourth-order valence-corrected chi connectivity index (χ4v) is 0.822. The Morgan fingerprint density at radius 3 is 2.28 bits per heavy atom. The van der Waals surface area contributed by atoms with E-state index in [0.29, 0.717) is 0 Å². The second kappa shape index (κ2) is 8.00. The van der Waals surface area contributed by atoms with Crippen LogP contribution in [0.2, 0.25) is 0 Å². The largest absolute Gasteiger partial charge is 0.481 e. The van der Waals surface area contributed by atoms with E-state index >= 15 is 0 Å². The van der Waals surface area contributed by atoms with Gasteiger partial charge in [0.15, 0.2) is 6.10 Å². The van der Waals surface area contributed by atoms with Gasteiger partial charge in [-0.3, -0.25) is 4.79 Å². The molecule has 0 aromatic heterocycles. The van der Waals surface area contributed by atoms with E-state index in [1.165, 1.54) is 6.92 Å².